The van der Waals surface area contributed by atoms with Gasteiger partial charge in [-0.25, -0.2) is 0 Å². The molecule has 0 spiro atoms. The molecule has 1 unspecified atom stereocenters. The maximum Gasteiger partial charge on any atom is 0.295 e. The first-order chi connectivity index (χ1) is 14.1. The summed E-state index contributed by atoms with van der Waals surface area (Å²) in [6.07, 6.45) is 2.92. The molecule has 0 aliphatic carbocycles. The number of nitrogens with zero attached hydrogens (tertiary/aromatic N) is 2. The average Bonchev–Trinajstić information content (AvgIpc) is 3.31. The van der Waals surface area contributed by atoms with Crippen molar-refractivity contribution in [2.24, 2.45) is 0 Å². The van der Waals surface area contributed by atoms with Gasteiger partial charge in [-0.05, 0) is 42.3 Å². The predicted octanol–water partition coefficient (Wildman–Crippen LogP) is 2.47. The lowest BCUT2D eigenvalue weighted by Crippen LogP contribution is -2.31. The summed E-state index contributed by atoms with van der Waals surface area (Å²) in [5.41, 5.74) is 2.06. The van der Waals surface area contributed by atoms with Gasteiger partial charge in [-0.3, -0.25) is 14.6 Å². The van der Waals surface area contributed by atoms with Crippen LogP contribution in [0.25, 0.3) is 5.76 Å². The van der Waals surface area contributed by atoms with Crippen LogP contribution in [0.4, 0.5) is 0 Å². The molecule has 2 aliphatic rings. The fourth-order valence-electron chi connectivity index (χ4n) is 3.82. The number of pyridine rings is 1. The Kier molecular flexibility index (Phi) is 5.31. The number of aromatic nitrogens is 1. The normalized spacial score (nSPS) is 20.0. The smallest absolute Gasteiger partial charge is 0.295 e. The molecule has 29 heavy (non-hydrogen) atoms. The number of likely N-dealkylation sites (tertiary alicyclic amines) is 1. The number of carbonyl (C=O) groups excluding carboxylic acids is 2. The molecule has 1 fully saturated rings. The summed E-state index contributed by atoms with van der Waals surface area (Å²) in [5.74, 6) is -0.749. The molecule has 150 valence electrons. The minimum atomic E-state index is -0.738. The molecule has 1 atom stereocenters. The highest BCUT2D eigenvalue weighted by molar-refractivity contribution is 6.46. The Labute approximate surface area is 168 Å². The van der Waals surface area contributed by atoms with Crippen molar-refractivity contribution >= 4 is 17.4 Å². The molecule has 1 amide bonds. The molecule has 7 nitrogen and oxygen atoms in total. The van der Waals surface area contributed by atoms with E-state index in [9.17, 15) is 14.7 Å². The molecule has 1 aromatic carbocycles. The predicted molar refractivity (Wildman–Crippen MR) is 105 cm³/mol. The van der Waals surface area contributed by atoms with Gasteiger partial charge in [0.1, 0.15) is 17.6 Å². The van der Waals surface area contributed by atoms with E-state index in [0.29, 0.717) is 37.4 Å². The number of amides is 1. The van der Waals surface area contributed by atoms with E-state index in [2.05, 4.69) is 4.98 Å². The molecule has 0 bridgehead atoms. The molecule has 1 saturated heterocycles. The minimum Gasteiger partial charge on any atom is -0.507 e. The van der Waals surface area contributed by atoms with E-state index in [0.717, 1.165) is 17.7 Å². The Hall–Kier alpha value is -3.19. The number of carbonyl (C=O) groups is 2. The van der Waals surface area contributed by atoms with Gasteiger partial charge in [0.15, 0.2) is 0 Å². The average molecular weight is 394 g/mol. The molecule has 1 N–H and O–H groups in total. The number of ketones is 1. The summed E-state index contributed by atoms with van der Waals surface area (Å²) in [4.78, 5) is 31.5. The Morgan fingerprint density at radius 2 is 2.17 bits per heavy atom. The van der Waals surface area contributed by atoms with Gasteiger partial charge in [0.25, 0.3) is 11.7 Å². The third-order valence-corrected chi connectivity index (χ3v) is 5.22. The van der Waals surface area contributed by atoms with Crippen molar-refractivity contribution in [1.29, 1.82) is 0 Å². The largest absolute Gasteiger partial charge is 0.507 e. The lowest BCUT2D eigenvalue weighted by atomic mass is 9.97. The number of aliphatic hydroxyl groups excluding tert-OH is 1. The lowest BCUT2D eigenvalue weighted by molar-refractivity contribution is -0.140. The van der Waals surface area contributed by atoms with Crippen molar-refractivity contribution in [3.05, 3.63) is 65.0 Å². The number of ether oxygens (including phenoxy) is 2. The molecule has 4 rings (SSSR count). The van der Waals surface area contributed by atoms with Crippen LogP contribution in [0.5, 0.6) is 5.75 Å². The number of Topliss-reactive ketones (excluding diaryl/α,β-unsaturated/α-hetero) is 1. The number of aliphatic hydroxyl groups is 1. The first kappa shape index (κ1) is 19.1. The van der Waals surface area contributed by atoms with Crippen LogP contribution in [0.1, 0.15) is 29.3 Å². The number of benzene rings is 1. The SMILES string of the molecule is COCCCN1C(=O)C(=O)/C(=C(\O)c2ccc3c(c2)CCO3)C1c1ccccn1. The van der Waals surface area contributed by atoms with Crippen molar-refractivity contribution in [1.82, 2.24) is 9.88 Å². The molecule has 0 radical (unpaired) electrons. The van der Waals surface area contributed by atoms with E-state index in [1.807, 2.05) is 6.07 Å². The molecule has 7 heteroatoms. The fraction of sp³-hybridized carbons (Fsp3) is 0.318. The van der Waals surface area contributed by atoms with Crippen LogP contribution in [0, 0.1) is 0 Å². The standard InChI is InChI=1S/C22H22N2O5/c1-28-11-4-10-24-19(16-5-2-3-9-23-16)18(21(26)22(24)27)20(25)15-6-7-17-14(13-15)8-12-29-17/h2-3,5-7,9,13,19,25H,4,8,10-12H2,1H3/b20-18-. The number of methoxy groups -OCH3 is 1. The Bertz CT molecular complexity index is 970. The fourth-order valence-corrected chi connectivity index (χ4v) is 3.82. The van der Waals surface area contributed by atoms with Crippen LogP contribution in [0.15, 0.2) is 48.2 Å². The zero-order valence-electron chi connectivity index (χ0n) is 16.1. The quantitative estimate of drug-likeness (QED) is 0.350. The van der Waals surface area contributed by atoms with Gasteiger partial charge in [-0.15, -0.1) is 0 Å². The van der Waals surface area contributed by atoms with Crippen molar-refractivity contribution in [3.63, 3.8) is 0 Å². The molecule has 2 aliphatic heterocycles. The van der Waals surface area contributed by atoms with Crippen molar-refractivity contribution < 1.29 is 24.2 Å². The Morgan fingerprint density at radius 1 is 1.31 bits per heavy atom. The second-order valence-electron chi connectivity index (χ2n) is 7.01. The summed E-state index contributed by atoms with van der Waals surface area (Å²) < 4.78 is 10.6. The summed E-state index contributed by atoms with van der Waals surface area (Å²) in [5, 5.41) is 11.0. The molecule has 1 aromatic heterocycles. The summed E-state index contributed by atoms with van der Waals surface area (Å²) >= 11 is 0. The number of rotatable bonds is 6. The van der Waals surface area contributed by atoms with E-state index in [1.54, 1.807) is 43.6 Å². The molecule has 3 heterocycles. The van der Waals surface area contributed by atoms with Gasteiger partial charge in [0.2, 0.25) is 0 Å². The molecular formula is C22H22N2O5. The van der Waals surface area contributed by atoms with Crippen LogP contribution in [0.2, 0.25) is 0 Å². The van der Waals surface area contributed by atoms with E-state index < -0.39 is 17.7 Å². The highest BCUT2D eigenvalue weighted by Gasteiger charge is 2.46. The van der Waals surface area contributed by atoms with Gasteiger partial charge in [-0.2, -0.15) is 0 Å². The number of hydrogen-bond acceptors (Lipinski definition) is 6. The number of hydrogen-bond donors (Lipinski definition) is 1. The van der Waals surface area contributed by atoms with E-state index in [1.165, 1.54) is 4.90 Å². The van der Waals surface area contributed by atoms with Gasteiger partial charge in [0.05, 0.1) is 17.9 Å². The maximum absolute atomic E-state index is 12.9. The summed E-state index contributed by atoms with van der Waals surface area (Å²) in [6, 6.07) is 9.87. The molecule has 0 saturated carbocycles. The zero-order chi connectivity index (χ0) is 20.4. The van der Waals surface area contributed by atoms with Crippen molar-refractivity contribution in [3.8, 4) is 5.75 Å². The van der Waals surface area contributed by atoms with E-state index >= 15 is 0 Å². The van der Waals surface area contributed by atoms with Crippen LogP contribution in [-0.2, 0) is 20.7 Å². The highest BCUT2D eigenvalue weighted by atomic mass is 16.5. The minimum absolute atomic E-state index is 0.0602. The highest BCUT2D eigenvalue weighted by Crippen LogP contribution is 2.39. The Morgan fingerprint density at radius 3 is 2.93 bits per heavy atom. The zero-order valence-corrected chi connectivity index (χ0v) is 16.1. The second-order valence-corrected chi connectivity index (χ2v) is 7.01. The molecular weight excluding hydrogens is 372 g/mol. The topological polar surface area (TPSA) is 89.0 Å². The Balaban J connectivity index is 1.79. The van der Waals surface area contributed by atoms with Crippen LogP contribution in [0.3, 0.4) is 0 Å². The third-order valence-electron chi connectivity index (χ3n) is 5.22. The first-order valence-electron chi connectivity index (χ1n) is 9.56. The molecule has 2 aromatic rings. The van der Waals surface area contributed by atoms with Gasteiger partial charge in [0, 0.05) is 38.4 Å². The van der Waals surface area contributed by atoms with Gasteiger partial charge >= 0.3 is 0 Å². The van der Waals surface area contributed by atoms with Gasteiger partial charge < -0.3 is 19.5 Å². The van der Waals surface area contributed by atoms with Crippen LogP contribution in [-0.4, -0.2) is 53.5 Å². The maximum atomic E-state index is 12.9. The van der Waals surface area contributed by atoms with Crippen molar-refractivity contribution in [2.75, 3.05) is 26.9 Å². The lowest BCUT2D eigenvalue weighted by Gasteiger charge is -2.24. The number of fused-ring (bicyclic) bond motifs is 1. The summed E-state index contributed by atoms with van der Waals surface area (Å²) in [6.45, 7) is 1.38. The van der Waals surface area contributed by atoms with Crippen molar-refractivity contribution in [2.45, 2.75) is 18.9 Å². The second kappa shape index (κ2) is 8.05. The first-order valence-corrected chi connectivity index (χ1v) is 9.56. The van der Waals surface area contributed by atoms with E-state index in [-0.39, 0.29) is 11.3 Å². The van der Waals surface area contributed by atoms with Crippen LogP contribution >= 0.6 is 0 Å². The van der Waals surface area contributed by atoms with Crippen LogP contribution < -0.4 is 4.74 Å². The monoisotopic (exact) mass is 394 g/mol. The summed E-state index contributed by atoms with van der Waals surface area (Å²) in [7, 11) is 1.59. The third kappa shape index (κ3) is 3.49. The van der Waals surface area contributed by atoms with E-state index in [4.69, 9.17) is 9.47 Å². The van der Waals surface area contributed by atoms with Gasteiger partial charge in [-0.1, -0.05) is 6.07 Å².